The van der Waals surface area contributed by atoms with Crippen LogP contribution in [-0.4, -0.2) is 61.9 Å². The maximum absolute atomic E-state index is 14.0. The van der Waals surface area contributed by atoms with Crippen molar-refractivity contribution in [2.24, 2.45) is 0 Å². The average molecular weight is 625 g/mol. The maximum atomic E-state index is 14.0. The topological polar surface area (TPSA) is 122 Å². The van der Waals surface area contributed by atoms with Gasteiger partial charge in [0.15, 0.2) is 12.2 Å². The van der Waals surface area contributed by atoms with E-state index in [9.17, 15) is 48.2 Å². The van der Waals surface area contributed by atoms with Crippen LogP contribution in [0.5, 0.6) is 0 Å². The second kappa shape index (κ2) is 9.97. The molecule has 0 spiro atoms. The molecule has 0 bridgehead atoms. The Hall–Kier alpha value is -3.65. The molecule has 1 aliphatic carbocycles. The molecule has 1 aliphatic heterocycles. The van der Waals surface area contributed by atoms with Crippen LogP contribution in [0.4, 0.5) is 33.9 Å². The lowest BCUT2D eigenvalue weighted by atomic mass is 9.92. The molecule has 2 aromatic rings. The van der Waals surface area contributed by atoms with Crippen molar-refractivity contribution in [3.05, 3.63) is 48.5 Å². The Kier molecular flexibility index (Phi) is 7.43. The molecule has 2 aliphatic rings. The highest BCUT2D eigenvalue weighted by Gasteiger charge is 2.65. The summed E-state index contributed by atoms with van der Waals surface area (Å²) >= 11 is 0. The summed E-state index contributed by atoms with van der Waals surface area (Å²) < 4.78 is 94.6. The normalized spacial score (nSPS) is 25.0. The Bertz CT molecular complexity index is 1380. The van der Waals surface area contributed by atoms with E-state index in [2.05, 4.69) is 15.3 Å². The highest BCUT2D eigenvalue weighted by Crippen LogP contribution is 3.02. The second-order valence-corrected chi connectivity index (χ2v) is 13.2. The van der Waals surface area contributed by atoms with Gasteiger partial charge in [0, 0.05) is 43.4 Å². The first-order valence-corrected chi connectivity index (χ1v) is 14.6. The molecule has 0 radical (unpaired) electrons. The van der Waals surface area contributed by atoms with E-state index in [0.29, 0.717) is 17.0 Å². The molecule has 9 nitrogen and oxygen atoms in total. The molecule has 42 heavy (non-hydrogen) atoms. The maximum Gasteiger partial charge on any atom is 0.310 e. The number of nitrogens with zero attached hydrogens (tertiary/aromatic N) is 5. The number of aliphatic hydroxyl groups is 1. The molecule has 2 N–H and O–H groups in total. The van der Waals surface area contributed by atoms with E-state index >= 15 is 0 Å². The van der Waals surface area contributed by atoms with Gasteiger partial charge in [-0.2, -0.15) is 5.26 Å². The number of carbonyl (C=O) groups is 2. The number of β-amino-alcohol motifs (C(OH)–C–C–N with tert-alkyl or cyclic N) is 1. The predicted molar refractivity (Wildman–Crippen MR) is 137 cm³/mol. The first kappa shape index (κ1) is 31.3. The molecule has 1 saturated heterocycles. The molecular weight excluding hydrogens is 597 g/mol. The number of carbonyl (C=O) groups excluding carboxylic acids is 2. The van der Waals surface area contributed by atoms with Crippen LogP contribution in [0.1, 0.15) is 50.8 Å². The monoisotopic (exact) mass is 624 g/mol. The summed E-state index contributed by atoms with van der Waals surface area (Å²) in [6.45, 7) is 1.07. The van der Waals surface area contributed by atoms with Crippen molar-refractivity contribution in [2.75, 3.05) is 11.4 Å². The van der Waals surface area contributed by atoms with Gasteiger partial charge in [0.1, 0.15) is 10.9 Å². The molecule has 2 amide bonds. The number of hydrogen-bond donors (Lipinski definition) is 2. The molecule has 1 aromatic carbocycles. The number of aromatic nitrogens is 2. The van der Waals surface area contributed by atoms with Crippen LogP contribution < -0.4 is 10.2 Å². The number of anilines is 1. The molecule has 4 rings (SSSR count). The van der Waals surface area contributed by atoms with E-state index in [1.807, 2.05) is 0 Å². The Morgan fingerprint density at radius 1 is 1.14 bits per heavy atom. The molecule has 230 valence electrons. The van der Waals surface area contributed by atoms with Gasteiger partial charge in [-0.15, -0.1) is 0 Å². The van der Waals surface area contributed by atoms with E-state index < -0.39 is 75.1 Å². The van der Waals surface area contributed by atoms with Gasteiger partial charge in [0.05, 0.1) is 24.0 Å². The minimum atomic E-state index is -10.1. The number of halogens is 7. The molecule has 2 heterocycles. The summed E-state index contributed by atoms with van der Waals surface area (Å²) in [5.41, 5.74) is -2.16. The zero-order chi connectivity index (χ0) is 31.2. The zero-order valence-corrected chi connectivity index (χ0v) is 22.9. The van der Waals surface area contributed by atoms with Gasteiger partial charge < -0.3 is 10.4 Å². The Morgan fingerprint density at radius 2 is 1.76 bits per heavy atom. The Morgan fingerprint density at radius 3 is 2.29 bits per heavy atom. The molecule has 1 unspecified atom stereocenters. The second-order valence-electron chi connectivity index (χ2n) is 10.8. The minimum Gasteiger partial charge on any atom is -0.388 e. The number of likely N-dealkylation sites (tertiary alicyclic amines) is 1. The fourth-order valence-electron chi connectivity index (χ4n) is 5.12. The van der Waals surface area contributed by atoms with E-state index in [4.69, 9.17) is 0 Å². The molecule has 1 saturated carbocycles. The summed E-state index contributed by atoms with van der Waals surface area (Å²) in [6.07, 6.45) is 3.71. The van der Waals surface area contributed by atoms with Crippen LogP contribution in [0.3, 0.4) is 0 Å². The molecule has 2 fully saturated rings. The molecular formula is C25H27F7N6O3S. The largest absolute Gasteiger partial charge is 0.388 e. The van der Waals surface area contributed by atoms with Gasteiger partial charge in [0.2, 0.25) is 11.8 Å². The third-order valence-electron chi connectivity index (χ3n) is 7.16. The number of hydrogen-bond acceptors (Lipinski definition) is 7. The smallest absolute Gasteiger partial charge is 0.310 e. The van der Waals surface area contributed by atoms with Gasteiger partial charge >= 0.3 is 10.2 Å². The van der Waals surface area contributed by atoms with Gasteiger partial charge in [0.25, 0.3) is 5.91 Å². The molecule has 3 atom stereocenters. The summed E-state index contributed by atoms with van der Waals surface area (Å²) in [7, 11) is -10.1. The third-order valence-corrected chi connectivity index (χ3v) is 8.33. The fraction of sp³-hybridized carbons (Fsp3) is 0.480. The third kappa shape index (κ3) is 7.04. The van der Waals surface area contributed by atoms with Crippen molar-refractivity contribution in [3.63, 3.8) is 0 Å². The van der Waals surface area contributed by atoms with E-state index in [1.54, 1.807) is 6.19 Å². The van der Waals surface area contributed by atoms with Gasteiger partial charge in [-0.05, 0) is 44.0 Å². The average Bonchev–Trinajstić information content (AvgIpc) is 3.22. The number of rotatable bonds is 7. The number of nitrogens with one attached hydrogen (secondary N) is 1. The molecule has 17 heteroatoms. The van der Waals surface area contributed by atoms with Crippen molar-refractivity contribution in [1.82, 2.24) is 20.2 Å². The fourth-order valence-corrected chi connectivity index (χ4v) is 5.77. The van der Waals surface area contributed by atoms with Crippen molar-refractivity contribution < 1.29 is 42.9 Å². The first-order valence-electron chi connectivity index (χ1n) is 12.7. The van der Waals surface area contributed by atoms with Crippen LogP contribution in [0, 0.1) is 11.5 Å². The number of nitriles is 1. The number of alkyl halides is 2. The van der Waals surface area contributed by atoms with Crippen molar-refractivity contribution in [3.8, 4) is 6.19 Å². The summed E-state index contributed by atoms with van der Waals surface area (Å²) in [6, 6.07) is -2.63. The van der Waals surface area contributed by atoms with Crippen LogP contribution in [0.15, 0.2) is 47.8 Å². The summed E-state index contributed by atoms with van der Waals surface area (Å²) in [5.74, 6) is -4.90. The van der Waals surface area contributed by atoms with Gasteiger partial charge in [-0.25, -0.2) is 8.78 Å². The Labute approximate surface area is 236 Å². The molecule has 1 aromatic heterocycles. The lowest BCUT2D eigenvalue weighted by molar-refractivity contribution is -0.129. The van der Waals surface area contributed by atoms with E-state index in [-0.39, 0.29) is 43.6 Å². The summed E-state index contributed by atoms with van der Waals surface area (Å²) in [4.78, 5) is 35.1. The van der Waals surface area contributed by atoms with Crippen molar-refractivity contribution in [1.29, 1.82) is 5.26 Å². The SMILES string of the molecule is C[C@@]1(O)C[C@H](C(=O)N(c2ccc(S(F)(F)(F)(F)F)cc2)C(C(=O)NC2CCC(F)(F)CC2)c2cnccn2)N(C#N)C1. The predicted octanol–water partition coefficient (Wildman–Crippen LogP) is 5.21. The Balaban J connectivity index is 1.81. The zero-order valence-electron chi connectivity index (χ0n) is 22.1. The van der Waals surface area contributed by atoms with Crippen LogP contribution in [-0.2, 0) is 9.59 Å². The summed E-state index contributed by atoms with van der Waals surface area (Å²) in [5, 5.41) is 22.7. The van der Waals surface area contributed by atoms with Gasteiger partial charge in [-0.3, -0.25) is 29.4 Å². The van der Waals surface area contributed by atoms with Crippen LogP contribution in [0.25, 0.3) is 0 Å². The van der Waals surface area contributed by atoms with Crippen molar-refractivity contribution >= 4 is 27.7 Å². The van der Waals surface area contributed by atoms with Gasteiger partial charge in [-0.1, -0.05) is 19.4 Å². The highest BCUT2D eigenvalue weighted by molar-refractivity contribution is 8.45. The standard InChI is InChI=1S/C25H27F7N6O3S/c1-24(41)12-20(37(14-24)15-33)23(40)38(17-2-4-18(5-3-17)42(28,29,30,31)32)21(19-13-34-10-11-35-19)22(39)36-16-6-8-25(26,27)9-7-16/h2-5,10-11,13,16,20-21,41H,6-9,12,14H2,1H3,(H,36,39)/t20-,21?,24-/m1/s1. The van der Waals surface area contributed by atoms with Crippen LogP contribution >= 0.6 is 10.2 Å². The number of benzene rings is 1. The highest BCUT2D eigenvalue weighted by atomic mass is 32.5. The number of amides is 2. The van der Waals surface area contributed by atoms with E-state index in [1.165, 1.54) is 19.3 Å². The first-order chi connectivity index (χ1) is 19.2. The quantitative estimate of drug-likeness (QED) is 0.321. The van der Waals surface area contributed by atoms with Crippen LogP contribution in [0.2, 0.25) is 0 Å². The van der Waals surface area contributed by atoms with E-state index in [0.717, 1.165) is 11.1 Å². The minimum absolute atomic E-state index is 0.0683. The van der Waals surface area contributed by atoms with Crippen molar-refractivity contribution in [2.45, 2.75) is 73.6 Å². The lowest BCUT2D eigenvalue weighted by Gasteiger charge is -2.41. The lowest BCUT2D eigenvalue weighted by Crippen LogP contribution is -2.52.